The van der Waals surface area contributed by atoms with Gasteiger partial charge in [0.25, 0.3) is 5.91 Å². The lowest BCUT2D eigenvalue weighted by molar-refractivity contribution is 0.0378. The Kier molecular flexibility index (Phi) is 3.98. The van der Waals surface area contributed by atoms with Crippen LogP contribution < -0.4 is 4.74 Å². The van der Waals surface area contributed by atoms with E-state index in [1.165, 1.54) is 12.4 Å². The molecule has 1 aliphatic heterocycles. The normalized spacial score (nSPS) is 14.8. The number of rotatable bonds is 4. The lowest BCUT2D eigenvalue weighted by Gasteiger charge is -2.38. The van der Waals surface area contributed by atoms with E-state index in [1.807, 2.05) is 6.92 Å². The maximum atomic E-state index is 12.3. The molecule has 7 nitrogen and oxygen atoms in total. The van der Waals surface area contributed by atoms with Crippen LogP contribution >= 0.6 is 11.6 Å². The van der Waals surface area contributed by atoms with E-state index in [9.17, 15) is 4.79 Å². The van der Waals surface area contributed by atoms with Gasteiger partial charge in [-0.1, -0.05) is 11.6 Å². The molecule has 3 heterocycles. The van der Waals surface area contributed by atoms with Crippen LogP contribution in [-0.2, 0) is 7.05 Å². The first-order chi connectivity index (χ1) is 10.5. The standard InChI is InChI=1S/C14H16ClN5O2/c1-9-3-11(19(2)18-9)14(21)20-6-10(7-20)8-22-13-5-16-4-12(15)17-13/h3-5,10H,6-8H2,1-2H3. The third-order valence-electron chi connectivity index (χ3n) is 3.52. The summed E-state index contributed by atoms with van der Waals surface area (Å²) in [7, 11) is 1.78. The van der Waals surface area contributed by atoms with Crippen molar-refractivity contribution in [2.24, 2.45) is 13.0 Å². The van der Waals surface area contributed by atoms with Crippen LogP contribution in [0.4, 0.5) is 0 Å². The second kappa shape index (κ2) is 5.92. The fraction of sp³-hybridized carbons (Fsp3) is 0.429. The van der Waals surface area contributed by atoms with Gasteiger partial charge in [0, 0.05) is 26.1 Å². The van der Waals surface area contributed by atoms with Crippen LogP contribution in [0.3, 0.4) is 0 Å². The molecule has 0 saturated carbocycles. The van der Waals surface area contributed by atoms with Crippen LogP contribution in [0.5, 0.6) is 5.88 Å². The summed E-state index contributed by atoms with van der Waals surface area (Å²) >= 11 is 5.74. The molecule has 0 unspecified atom stereocenters. The number of carbonyl (C=O) groups is 1. The molecule has 2 aromatic heterocycles. The smallest absolute Gasteiger partial charge is 0.272 e. The van der Waals surface area contributed by atoms with Gasteiger partial charge in [-0.25, -0.2) is 0 Å². The summed E-state index contributed by atoms with van der Waals surface area (Å²) in [4.78, 5) is 22.0. The van der Waals surface area contributed by atoms with E-state index >= 15 is 0 Å². The number of hydrogen-bond acceptors (Lipinski definition) is 5. The quantitative estimate of drug-likeness (QED) is 0.849. The minimum absolute atomic E-state index is 0.00176. The molecule has 3 rings (SSSR count). The molecule has 22 heavy (non-hydrogen) atoms. The van der Waals surface area contributed by atoms with E-state index in [4.69, 9.17) is 16.3 Å². The highest BCUT2D eigenvalue weighted by Gasteiger charge is 2.33. The summed E-state index contributed by atoms with van der Waals surface area (Å²) in [6, 6.07) is 1.80. The summed E-state index contributed by atoms with van der Waals surface area (Å²) in [6.07, 6.45) is 2.97. The van der Waals surface area contributed by atoms with Crippen LogP contribution in [0, 0.1) is 12.8 Å². The van der Waals surface area contributed by atoms with Gasteiger partial charge in [-0.2, -0.15) is 10.1 Å². The number of carbonyl (C=O) groups excluding carboxylic acids is 1. The van der Waals surface area contributed by atoms with E-state index in [0.29, 0.717) is 42.3 Å². The van der Waals surface area contributed by atoms with Gasteiger partial charge in [-0.15, -0.1) is 0 Å². The molecule has 0 N–H and O–H groups in total. The number of nitrogens with zero attached hydrogens (tertiary/aromatic N) is 5. The molecular formula is C14H16ClN5O2. The van der Waals surface area contributed by atoms with Gasteiger partial charge in [0.2, 0.25) is 5.88 Å². The highest BCUT2D eigenvalue weighted by atomic mass is 35.5. The Labute approximate surface area is 132 Å². The van der Waals surface area contributed by atoms with E-state index < -0.39 is 0 Å². The molecule has 0 radical (unpaired) electrons. The lowest BCUT2D eigenvalue weighted by Crippen LogP contribution is -2.52. The molecule has 8 heteroatoms. The zero-order valence-corrected chi connectivity index (χ0v) is 13.1. The topological polar surface area (TPSA) is 73.1 Å². The molecule has 2 aromatic rings. The Balaban J connectivity index is 1.50. The molecule has 0 aromatic carbocycles. The number of amides is 1. The summed E-state index contributed by atoms with van der Waals surface area (Å²) in [6.45, 7) is 3.69. The van der Waals surface area contributed by atoms with Crippen molar-refractivity contribution in [1.82, 2.24) is 24.6 Å². The highest BCUT2D eigenvalue weighted by Crippen LogP contribution is 2.20. The number of aromatic nitrogens is 4. The summed E-state index contributed by atoms with van der Waals surface area (Å²) < 4.78 is 7.15. The van der Waals surface area contributed by atoms with Crippen molar-refractivity contribution in [2.45, 2.75) is 6.92 Å². The molecular weight excluding hydrogens is 306 g/mol. The van der Waals surface area contributed by atoms with E-state index in [1.54, 1.807) is 22.7 Å². The second-order valence-corrected chi connectivity index (χ2v) is 5.75. The first-order valence-corrected chi connectivity index (χ1v) is 7.31. The molecule has 1 amide bonds. The number of aryl methyl sites for hydroxylation is 2. The Hall–Kier alpha value is -2.15. The molecule has 0 aliphatic carbocycles. The Morgan fingerprint density at radius 2 is 2.23 bits per heavy atom. The fourth-order valence-corrected chi connectivity index (χ4v) is 2.55. The summed E-state index contributed by atoms with van der Waals surface area (Å²) in [5.74, 6) is 0.695. The monoisotopic (exact) mass is 321 g/mol. The van der Waals surface area contributed by atoms with Crippen molar-refractivity contribution < 1.29 is 9.53 Å². The molecule has 0 bridgehead atoms. The Bertz CT molecular complexity index is 696. The molecule has 1 fully saturated rings. The zero-order valence-electron chi connectivity index (χ0n) is 12.4. The minimum atomic E-state index is 0.00176. The van der Waals surface area contributed by atoms with Gasteiger partial charge in [0.1, 0.15) is 5.69 Å². The predicted molar refractivity (Wildman–Crippen MR) is 79.9 cm³/mol. The van der Waals surface area contributed by atoms with E-state index in [2.05, 4.69) is 15.1 Å². The van der Waals surface area contributed by atoms with Crippen molar-refractivity contribution >= 4 is 17.5 Å². The van der Waals surface area contributed by atoms with Crippen molar-refractivity contribution in [2.75, 3.05) is 19.7 Å². The second-order valence-electron chi connectivity index (χ2n) is 5.36. The minimum Gasteiger partial charge on any atom is -0.476 e. The number of likely N-dealkylation sites (tertiary alicyclic amines) is 1. The van der Waals surface area contributed by atoms with E-state index in [0.717, 1.165) is 5.69 Å². The molecule has 1 saturated heterocycles. The van der Waals surface area contributed by atoms with Crippen LogP contribution in [0.1, 0.15) is 16.2 Å². The number of halogens is 1. The average molecular weight is 322 g/mol. The van der Waals surface area contributed by atoms with E-state index in [-0.39, 0.29) is 5.91 Å². The van der Waals surface area contributed by atoms with Crippen LogP contribution in [0.25, 0.3) is 0 Å². The predicted octanol–water partition coefficient (Wildman–Crippen LogP) is 1.32. The van der Waals surface area contributed by atoms with Gasteiger partial charge < -0.3 is 9.64 Å². The molecule has 116 valence electrons. The maximum absolute atomic E-state index is 12.3. The van der Waals surface area contributed by atoms with Gasteiger partial charge in [0.05, 0.1) is 24.7 Å². The molecule has 1 aliphatic rings. The van der Waals surface area contributed by atoms with Gasteiger partial charge >= 0.3 is 0 Å². The van der Waals surface area contributed by atoms with Crippen molar-refractivity contribution in [3.05, 3.63) is 35.0 Å². The third-order valence-corrected chi connectivity index (χ3v) is 3.70. The lowest BCUT2D eigenvalue weighted by atomic mass is 10.0. The van der Waals surface area contributed by atoms with Gasteiger partial charge in [-0.3, -0.25) is 14.5 Å². The third kappa shape index (κ3) is 3.04. The van der Waals surface area contributed by atoms with Gasteiger partial charge in [0.15, 0.2) is 5.15 Å². The molecule has 0 atom stereocenters. The molecule has 0 spiro atoms. The first kappa shape index (κ1) is 14.8. The summed E-state index contributed by atoms with van der Waals surface area (Å²) in [5, 5.41) is 4.49. The van der Waals surface area contributed by atoms with Crippen molar-refractivity contribution in [1.29, 1.82) is 0 Å². The van der Waals surface area contributed by atoms with Crippen molar-refractivity contribution in [3.63, 3.8) is 0 Å². The Morgan fingerprint density at radius 1 is 1.45 bits per heavy atom. The first-order valence-electron chi connectivity index (χ1n) is 6.93. The van der Waals surface area contributed by atoms with Gasteiger partial charge in [-0.05, 0) is 13.0 Å². The number of hydrogen-bond donors (Lipinski definition) is 0. The van der Waals surface area contributed by atoms with Crippen LogP contribution in [0.2, 0.25) is 5.15 Å². The van der Waals surface area contributed by atoms with Crippen LogP contribution in [0.15, 0.2) is 18.5 Å². The highest BCUT2D eigenvalue weighted by molar-refractivity contribution is 6.29. The van der Waals surface area contributed by atoms with Crippen LogP contribution in [-0.4, -0.2) is 50.3 Å². The van der Waals surface area contributed by atoms with Crippen molar-refractivity contribution in [3.8, 4) is 5.88 Å². The summed E-state index contributed by atoms with van der Waals surface area (Å²) in [5.41, 5.74) is 1.45. The maximum Gasteiger partial charge on any atom is 0.272 e. The average Bonchev–Trinajstić information content (AvgIpc) is 2.76. The Morgan fingerprint density at radius 3 is 2.86 bits per heavy atom. The fourth-order valence-electron chi connectivity index (χ4n) is 2.41. The number of ether oxygens (including phenoxy) is 1. The SMILES string of the molecule is Cc1cc(C(=O)N2CC(COc3cncc(Cl)n3)C2)n(C)n1. The largest absolute Gasteiger partial charge is 0.476 e. The zero-order chi connectivity index (χ0) is 15.7.